The molecule has 0 radical (unpaired) electrons. The zero-order valence-corrected chi connectivity index (χ0v) is 19.6. The summed E-state index contributed by atoms with van der Waals surface area (Å²) in [6.07, 6.45) is 6.94. The predicted molar refractivity (Wildman–Crippen MR) is 119 cm³/mol. The molecule has 0 aromatic carbocycles. The summed E-state index contributed by atoms with van der Waals surface area (Å²) in [7, 11) is 1.77. The van der Waals surface area contributed by atoms with Crippen molar-refractivity contribution in [2.24, 2.45) is 5.92 Å². The summed E-state index contributed by atoms with van der Waals surface area (Å²) >= 11 is 0. The highest BCUT2D eigenvalue weighted by Crippen LogP contribution is 2.19. The SMILES string of the molecule is C[C@H](CO)N1C[C@H](C)[C@@H](CN(C)C(=O)NC2CCCC2)OCc2cn(nn2)CCCC1=O. The molecule has 2 N–H and O–H groups in total. The standard InChI is InChI=1S/C22H38N6O4/c1-16-11-28(17(2)14-29)21(30)9-6-10-27-12-19(24-25-27)15-32-20(16)13-26(3)22(31)23-18-7-4-5-8-18/h12,16-18,20,29H,4-11,13-15H2,1-3H3,(H,23,31)/t16-,17+,20+/m0/s1. The Morgan fingerprint density at radius 3 is 2.84 bits per heavy atom. The molecule has 10 heteroatoms. The summed E-state index contributed by atoms with van der Waals surface area (Å²) < 4.78 is 7.94. The molecular formula is C22H38N6O4. The number of hydrogen-bond acceptors (Lipinski definition) is 6. The molecule has 2 aliphatic rings. The van der Waals surface area contributed by atoms with Crippen LogP contribution in [0, 0.1) is 5.92 Å². The van der Waals surface area contributed by atoms with E-state index in [1.807, 2.05) is 20.0 Å². The minimum absolute atomic E-state index is 0.00377. The third-order valence-electron chi connectivity index (χ3n) is 6.53. The molecule has 1 aromatic rings. The summed E-state index contributed by atoms with van der Waals surface area (Å²) in [5.41, 5.74) is 0.728. The molecule has 2 heterocycles. The zero-order valence-electron chi connectivity index (χ0n) is 19.6. The summed E-state index contributed by atoms with van der Waals surface area (Å²) in [4.78, 5) is 29.0. The van der Waals surface area contributed by atoms with Crippen LogP contribution in [0.25, 0.3) is 0 Å². The van der Waals surface area contributed by atoms with Gasteiger partial charge in [0.05, 0.1) is 31.6 Å². The average Bonchev–Trinajstić information content (AvgIpc) is 3.45. The van der Waals surface area contributed by atoms with Crippen molar-refractivity contribution in [3.8, 4) is 0 Å². The van der Waals surface area contributed by atoms with Gasteiger partial charge in [0.1, 0.15) is 5.69 Å². The molecular weight excluding hydrogens is 412 g/mol. The number of fused-ring (bicyclic) bond motifs is 2. The van der Waals surface area contributed by atoms with Gasteiger partial charge in [-0.2, -0.15) is 0 Å². The van der Waals surface area contributed by atoms with E-state index in [0.29, 0.717) is 32.5 Å². The van der Waals surface area contributed by atoms with Gasteiger partial charge in [-0.1, -0.05) is 25.0 Å². The third kappa shape index (κ3) is 6.65. The maximum atomic E-state index is 12.9. The van der Waals surface area contributed by atoms with E-state index >= 15 is 0 Å². The number of hydrogen-bond donors (Lipinski definition) is 2. The monoisotopic (exact) mass is 450 g/mol. The lowest BCUT2D eigenvalue weighted by Gasteiger charge is -2.35. The molecule has 32 heavy (non-hydrogen) atoms. The smallest absolute Gasteiger partial charge is 0.317 e. The number of aliphatic hydroxyl groups excluding tert-OH is 1. The second-order valence-corrected chi connectivity index (χ2v) is 9.29. The van der Waals surface area contributed by atoms with Crippen molar-refractivity contribution < 1.29 is 19.4 Å². The summed E-state index contributed by atoms with van der Waals surface area (Å²) in [6, 6.07) is -0.133. The number of nitrogens with zero attached hydrogens (tertiary/aromatic N) is 5. The number of aliphatic hydroxyl groups is 1. The van der Waals surface area contributed by atoms with Crippen LogP contribution in [-0.2, 0) is 22.7 Å². The van der Waals surface area contributed by atoms with Crippen molar-refractivity contribution in [2.75, 3.05) is 26.7 Å². The Hall–Kier alpha value is -2.20. The van der Waals surface area contributed by atoms with Crippen LogP contribution in [0.4, 0.5) is 4.79 Å². The number of nitrogens with one attached hydrogen (secondary N) is 1. The van der Waals surface area contributed by atoms with Gasteiger partial charge >= 0.3 is 6.03 Å². The fourth-order valence-electron chi connectivity index (χ4n) is 4.40. The van der Waals surface area contributed by atoms with Crippen molar-refractivity contribution in [1.82, 2.24) is 30.1 Å². The normalized spacial score (nSPS) is 24.4. The highest BCUT2D eigenvalue weighted by Gasteiger charge is 2.29. The van der Waals surface area contributed by atoms with Crippen molar-refractivity contribution in [1.29, 1.82) is 0 Å². The van der Waals surface area contributed by atoms with E-state index in [0.717, 1.165) is 31.4 Å². The average molecular weight is 451 g/mol. The first-order chi connectivity index (χ1) is 15.4. The highest BCUT2D eigenvalue weighted by molar-refractivity contribution is 5.76. The largest absolute Gasteiger partial charge is 0.394 e. The molecule has 10 nitrogen and oxygen atoms in total. The van der Waals surface area contributed by atoms with Gasteiger partial charge in [-0.25, -0.2) is 4.79 Å². The van der Waals surface area contributed by atoms with Crippen LogP contribution >= 0.6 is 0 Å². The Labute approximate surface area is 190 Å². The van der Waals surface area contributed by atoms with E-state index in [4.69, 9.17) is 4.74 Å². The van der Waals surface area contributed by atoms with Gasteiger partial charge in [-0.3, -0.25) is 9.48 Å². The number of likely N-dealkylation sites (N-methyl/N-ethyl adjacent to an activating group) is 1. The van der Waals surface area contributed by atoms with Crippen molar-refractivity contribution in [3.05, 3.63) is 11.9 Å². The number of ether oxygens (including phenoxy) is 1. The lowest BCUT2D eigenvalue weighted by atomic mass is 10.0. The van der Waals surface area contributed by atoms with Crippen molar-refractivity contribution >= 4 is 11.9 Å². The van der Waals surface area contributed by atoms with E-state index in [2.05, 4.69) is 15.6 Å². The van der Waals surface area contributed by atoms with Gasteiger partial charge in [0.2, 0.25) is 5.91 Å². The zero-order chi connectivity index (χ0) is 23.1. The lowest BCUT2D eigenvalue weighted by Crippen LogP contribution is -2.49. The Morgan fingerprint density at radius 2 is 2.12 bits per heavy atom. The molecule has 0 unspecified atom stereocenters. The van der Waals surface area contributed by atoms with Crippen LogP contribution in [0.1, 0.15) is 58.1 Å². The minimum atomic E-state index is -0.304. The fourth-order valence-corrected chi connectivity index (χ4v) is 4.40. The molecule has 0 spiro atoms. The lowest BCUT2D eigenvalue weighted by molar-refractivity contribution is -0.136. The minimum Gasteiger partial charge on any atom is -0.394 e. The molecule has 3 rings (SSSR count). The summed E-state index contributed by atoms with van der Waals surface area (Å²) in [6.45, 7) is 5.51. The van der Waals surface area contributed by atoms with Crippen LogP contribution in [-0.4, -0.2) is 86.8 Å². The number of rotatable bonds is 5. The van der Waals surface area contributed by atoms with Crippen LogP contribution in [0.2, 0.25) is 0 Å². The molecule has 3 atom stereocenters. The third-order valence-corrected chi connectivity index (χ3v) is 6.53. The van der Waals surface area contributed by atoms with Crippen molar-refractivity contribution in [2.45, 2.75) is 83.7 Å². The Morgan fingerprint density at radius 1 is 1.38 bits per heavy atom. The first kappa shape index (κ1) is 24.4. The molecule has 1 aromatic heterocycles. The Kier molecular flexibility index (Phi) is 8.86. The van der Waals surface area contributed by atoms with Gasteiger partial charge in [0.25, 0.3) is 0 Å². The molecule has 1 saturated carbocycles. The molecule has 1 aliphatic carbocycles. The summed E-state index contributed by atoms with van der Waals surface area (Å²) in [5, 5.41) is 21.1. The van der Waals surface area contributed by atoms with Gasteiger partial charge in [-0.15, -0.1) is 5.10 Å². The molecule has 1 fully saturated rings. The van der Waals surface area contributed by atoms with E-state index in [-0.39, 0.29) is 49.3 Å². The van der Waals surface area contributed by atoms with E-state index in [1.165, 1.54) is 0 Å². The van der Waals surface area contributed by atoms with Gasteiger partial charge < -0.3 is 25.0 Å². The molecule has 180 valence electrons. The fraction of sp³-hybridized carbons (Fsp3) is 0.818. The Bertz CT molecular complexity index is 751. The quantitative estimate of drug-likeness (QED) is 0.701. The number of amides is 3. The number of aromatic nitrogens is 3. The molecule has 1 aliphatic heterocycles. The number of carbonyl (C=O) groups excluding carboxylic acids is 2. The van der Waals surface area contributed by atoms with Crippen LogP contribution in [0.15, 0.2) is 6.20 Å². The van der Waals surface area contributed by atoms with E-state index in [9.17, 15) is 14.7 Å². The second-order valence-electron chi connectivity index (χ2n) is 9.29. The van der Waals surface area contributed by atoms with Gasteiger partial charge in [0.15, 0.2) is 0 Å². The topological polar surface area (TPSA) is 113 Å². The molecule has 3 amide bonds. The van der Waals surface area contributed by atoms with E-state index in [1.54, 1.807) is 21.5 Å². The van der Waals surface area contributed by atoms with Crippen molar-refractivity contribution in [3.63, 3.8) is 0 Å². The summed E-state index contributed by atoms with van der Waals surface area (Å²) in [5.74, 6) is -0.0467. The number of carbonyl (C=O) groups is 2. The Balaban J connectivity index is 1.72. The molecule has 0 saturated heterocycles. The predicted octanol–water partition coefficient (Wildman–Crippen LogP) is 1.39. The first-order valence-electron chi connectivity index (χ1n) is 11.8. The first-order valence-corrected chi connectivity index (χ1v) is 11.8. The van der Waals surface area contributed by atoms with Crippen LogP contribution < -0.4 is 5.32 Å². The highest BCUT2D eigenvalue weighted by atomic mass is 16.5. The van der Waals surface area contributed by atoms with Crippen LogP contribution in [0.3, 0.4) is 0 Å². The van der Waals surface area contributed by atoms with Gasteiger partial charge in [-0.05, 0) is 26.2 Å². The van der Waals surface area contributed by atoms with Gasteiger partial charge in [0, 0.05) is 45.1 Å². The maximum Gasteiger partial charge on any atom is 0.317 e. The van der Waals surface area contributed by atoms with Crippen LogP contribution in [0.5, 0.6) is 0 Å². The maximum absolute atomic E-state index is 12.9. The second kappa shape index (κ2) is 11.6. The number of aryl methyl sites for hydroxylation is 1. The number of urea groups is 1. The molecule has 2 bridgehead atoms. The van der Waals surface area contributed by atoms with E-state index < -0.39 is 0 Å².